The van der Waals surface area contributed by atoms with Gasteiger partial charge in [-0.3, -0.25) is 4.79 Å². The number of carbonyl (C=O) groups is 1. The van der Waals surface area contributed by atoms with Gasteiger partial charge in [0.05, 0.1) is 30.4 Å². The van der Waals surface area contributed by atoms with E-state index in [1.165, 1.54) is 0 Å². The van der Waals surface area contributed by atoms with Gasteiger partial charge in [0, 0.05) is 24.7 Å². The normalized spacial score (nSPS) is 13.7. The van der Waals surface area contributed by atoms with Gasteiger partial charge in [0.2, 0.25) is 0 Å². The Balaban J connectivity index is 1.65. The summed E-state index contributed by atoms with van der Waals surface area (Å²) in [5.41, 5.74) is 3.66. The summed E-state index contributed by atoms with van der Waals surface area (Å²) in [5, 5.41) is 2.93. The van der Waals surface area contributed by atoms with Crippen LogP contribution >= 0.6 is 0 Å². The first-order chi connectivity index (χ1) is 13.1. The molecular weight excluding hydrogens is 340 g/mol. The van der Waals surface area contributed by atoms with E-state index in [0.29, 0.717) is 12.1 Å². The Morgan fingerprint density at radius 1 is 1.19 bits per heavy atom. The number of fused-ring (bicyclic) bond motifs is 3. The van der Waals surface area contributed by atoms with Crippen LogP contribution in [0, 0.1) is 0 Å². The number of hydrogen-bond donors (Lipinski definition) is 1. The number of aromatic nitrogens is 2. The van der Waals surface area contributed by atoms with Crippen molar-refractivity contribution < 1.29 is 9.53 Å². The average molecular weight is 364 g/mol. The van der Waals surface area contributed by atoms with Crippen LogP contribution in [-0.4, -0.2) is 35.2 Å². The highest BCUT2D eigenvalue weighted by Crippen LogP contribution is 2.31. The van der Waals surface area contributed by atoms with Gasteiger partial charge < -0.3 is 19.5 Å². The Morgan fingerprint density at radius 2 is 2.00 bits per heavy atom. The molecule has 1 N–H and O–H groups in total. The number of amides is 1. The molecule has 0 fully saturated rings. The third-order valence-corrected chi connectivity index (χ3v) is 4.86. The molecule has 0 saturated heterocycles. The van der Waals surface area contributed by atoms with Crippen LogP contribution in [0.2, 0.25) is 0 Å². The highest BCUT2D eigenvalue weighted by molar-refractivity contribution is 5.97. The Hall–Kier alpha value is -3.02. The van der Waals surface area contributed by atoms with Crippen LogP contribution < -0.4 is 15.0 Å². The van der Waals surface area contributed by atoms with Crippen LogP contribution in [0.4, 0.5) is 5.69 Å². The number of anilines is 1. The van der Waals surface area contributed by atoms with Crippen LogP contribution in [0.25, 0.3) is 11.0 Å². The molecule has 0 spiro atoms. The van der Waals surface area contributed by atoms with Crippen molar-refractivity contribution in [2.75, 3.05) is 18.6 Å². The van der Waals surface area contributed by atoms with Crippen LogP contribution in [0.3, 0.4) is 0 Å². The van der Waals surface area contributed by atoms with Crippen molar-refractivity contribution >= 4 is 22.6 Å². The Kier molecular flexibility index (Phi) is 4.48. The second-order valence-electron chi connectivity index (χ2n) is 7.10. The van der Waals surface area contributed by atoms with Gasteiger partial charge in [-0.25, -0.2) is 4.98 Å². The van der Waals surface area contributed by atoms with Gasteiger partial charge in [0.25, 0.3) is 5.91 Å². The van der Waals surface area contributed by atoms with Gasteiger partial charge in [0.1, 0.15) is 11.6 Å². The van der Waals surface area contributed by atoms with E-state index in [9.17, 15) is 4.79 Å². The molecule has 0 bridgehead atoms. The van der Waals surface area contributed by atoms with Crippen molar-refractivity contribution in [1.82, 2.24) is 14.9 Å². The molecule has 1 aromatic heterocycles. The van der Waals surface area contributed by atoms with E-state index in [1.54, 1.807) is 7.11 Å². The lowest BCUT2D eigenvalue weighted by molar-refractivity contribution is 0.0943. The summed E-state index contributed by atoms with van der Waals surface area (Å²) in [4.78, 5) is 19.4. The van der Waals surface area contributed by atoms with Crippen LogP contribution in [-0.2, 0) is 13.1 Å². The fraction of sp³-hybridized carbons (Fsp3) is 0.333. The van der Waals surface area contributed by atoms with Crippen molar-refractivity contribution in [2.24, 2.45) is 0 Å². The molecule has 6 heteroatoms. The Morgan fingerprint density at radius 3 is 2.78 bits per heavy atom. The van der Waals surface area contributed by atoms with Gasteiger partial charge in [0.15, 0.2) is 0 Å². The first-order valence-corrected chi connectivity index (χ1v) is 9.25. The summed E-state index contributed by atoms with van der Waals surface area (Å²) in [6.45, 7) is 6.36. The third-order valence-electron chi connectivity index (χ3n) is 4.86. The number of nitrogens with zero attached hydrogens (tertiary/aromatic N) is 3. The van der Waals surface area contributed by atoms with Gasteiger partial charge >= 0.3 is 0 Å². The van der Waals surface area contributed by atoms with Crippen molar-refractivity contribution in [3.05, 3.63) is 53.9 Å². The molecule has 0 atom stereocenters. The Bertz CT molecular complexity index is 993. The number of ether oxygens (including phenoxy) is 1. The molecule has 140 valence electrons. The number of benzene rings is 2. The van der Waals surface area contributed by atoms with E-state index in [-0.39, 0.29) is 11.9 Å². The first kappa shape index (κ1) is 17.4. The predicted molar refractivity (Wildman–Crippen MR) is 106 cm³/mol. The molecule has 1 aliphatic heterocycles. The fourth-order valence-electron chi connectivity index (χ4n) is 3.60. The van der Waals surface area contributed by atoms with E-state index in [0.717, 1.165) is 41.4 Å². The van der Waals surface area contributed by atoms with E-state index in [4.69, 9.17) is 9.72 Å². The van der Waals surface area contributed by atoms with E-state index >= 15 is 0 Å². The van der Waals surface area contributed by atoms with E-state index in [2.05, 4.69) is 20.9 Å². The number of rotatable bonds is 4. The van der Waals surface area contributed by atoms with Crippen molar-refractivity contribution in [3.63, 3.8) is 0 Å². The summed E-state index contributed by atoms with van der Waals surface area (Å²) in [5.74, 6) is 1.81. The number of carbonyl (C=O) groups excluding carboxylic acids is 1. The van der Waals surface area contributed by atoms with Crippen LogP contribution in [0.1, 0.15) is 30.0 Å². The minimum absolute atomic E-state index is 0.0616. The maximum absolute atomic E-state index is 12.3. The first-order valence-electron chi connectivity index (χ1n) is 9.25. The quantitative estimate of drug-likeness (QED) is 0.772. The summed E-state index contributed by atoms with van der Waals surface area (Å²) >= 11 is 0. The van der Waals surface area contributed by atoms with Crippen molar-refractivity contribution in [3.8, 4) is 5.75 Å². The second-order valence-corrected chi connectivity index (χ2v) is 7.10. The van der Waals surface area contributed by atoms with Gasteiger partial charge in [-0.15, -0.1) is 0 Å². The number of imidazole rings is 1. The standard InChI is InChI=1S/C21H24N4O2/c1-14(2)22-21(26)15-8-9-17-16(12-15)23-20-13-24(10-11-25(17)20)18-6-4-5-7-19(18)27-3/h4-9,12,14H,10-11,13H2,1-3H3,(H,22,26). The fourth-order valence-corrected chi connectivity index (χ4v) is 3.60. The molecule has 0 saturated carbocycles. The highest BCUT2D eigenvalue weighted by atomic mass is 16.5. The minimum Gasteiger partial charge on any atom is -0.495 e. The van der Waals surface area contributed by atoms with Gasteiger partial charge in [-0.1, -0.05) is 12.1 Å². The number of methoxy groups -OCH3 is 1. The summed E-state index contributed by atoms with van der Waals surface area (Å²) < 4.78 is 7.75. The van der Waals surface area contributed by atoms with Crippen molar-refractivity contribution in [2.45, 2.75) is 33.0 Å². The second kappa shape index (κ2) is 6.95. The number of hydrogen-bond acceptors (Lipinski definition) is 4. The Labute approximate surface area is 158 Å². The third kappa shape index (κ3) is 3.23. The van der Waals surface area contributed by atoms with Gasteiger partial charge in [-0.05, 0) is 44.2 Å². The van der Waals surface area contributed by atoms with Gasteiger partial charge in [-0.2, -0.15) is 0 Å². The maximum atomic E-state index is 12.3. The molecule has 6 nitrogen and oxygen atoms in total. The zero-order valence-electron chi connectivity index (χ0n) is 15.9. The van der Waals surface area contributed by atoms with Crippen molar-refractivity contribution in [1.29, 1.82) is 0 Å². The molecule has 2 heterocycles. The van der Waals surface area contributed by atoms with Crippen LogP contribution in [0.15, 0.2) is 42.5 Å². The molecule has 1 aliphatic rings. The predicted octanol–water partition coefficient (Wildman–Crippen LogP) is 3.20. The summed E-state index contributed by atoms with van der Waals surface area (Å²) in [7, 11) is 1.70. The highest BCUT2D eigenvalue weighted by Gasteiger charge is 2.22. The molecule has 3 aromatic rings. The summed E-state index contributed by atoms with van der Waals surface area (Å²) in [6.07, 6.45) is 0. The average Bonchev–Trinajstić information content (AvgIpc) is 3.04. The smallest absolute Gasteiger partial charge is 0.251 e. The molecule has 0 radical (unpaired) electrons. The zero-order chi connectivity index (χ0) is 19.0. The molecule has 27 heavy (non-hydrogen) atoms. The molecule has 0 aliphatic carbocycles. The molecule has 2 aromatic carbocycles. The lowest BCUT2D eigenvalue weighted by atomic mass is 10.1. The largest absolute Gasteiger partial charge is 0.495 e. The maximum Gasteiger partial charge on any atom is 0.251 e. The molecule has 1 amide bonds. The van der Waals surface area contributed by atoms with Crippen LogP contribution in [0.5, 0.6) is 5.75 Å². The lowest BCUT2D eigenvalue weighted by Crippen LogP contribution is -2.33. The monoisotopic (exact) mass is 364 g/mol. The molecular formula is C21H24N4O2. The van der Waals surface area contributed by atoms with E-state index in [1.807, 2.05) is 50.2 Å². The summed E-state index contributed by atoms with van der Waals surface area (Å²) in [6, 6.07) is 13.9. The molecule has 0 unspecified atom stereocenters. The topological polar surface area (TPSA) is 59.4 Å². The molecule has 4 rings (SSSR count). The number of nitrogens with one attached hydrogen (secondary N) is 1. The lowest BCUT2D eigenvalue weighted by Gasteiger charge is -2.30. The SMILES string of the molecule is COc1ccccc1N1CCn2c(nc3cc(C(=O)NC(C)C)ccc32)C1. The van der Waals surface area contributed by atoms with E-state index < -0.39 is 0 Å². The minimum atomic E-state index is -0.0616. The number of para-hydroxylation sites is 2. The zero-order valence-corrected chi connectivity index (χ0v) is 15.9.